The number of halogens is 4. The van der Waals surface area contributed by atoms with Crippen LogP contribution in [0.4, 0.5) is 17.6 Å². The lowest BCUT2D eigenvalue weighted by Gasteiger charge is -2.31. The Labute approximate surface area is 184 Å². The minimum atomic E-state index is -4.41. The highest BCUT2D eigenvalue weighted by atomic mass is 32.2. The molecule has 6 nitrogen and oxygen atoms in total. The Balaban J connectivity index is 1.50. The van der Waals surface area contributed by atoms with Gasteiger partial charge in [-0.15, -0.1) is 0 Å². The number of nitrogens with zero attached hydrogens (tertiary/aromatic N) is 1. The van der Waals surface area contributed by atoms with Crippen LogP contribution in [0.3, 0.4) is 0 Å². The maximum absolute atomic E-state index is 14.7. The van der Waals surface area contributed by atoms with Crippen molar-refractivity contribution in [2.24, 2.45) is 5.41 Å². The zero-order valence-corrected chi connectivity index (χ0v) is 18.3. The summed E-state index contributed by atoms with van der Waals surface area (Å²) in [7, 11) is -3.79. The summed E-state index contributed by atoms with van der Waals surface area (Å²) >= 11 is 0. The molecule has 0 aromatic heterocycles. The van der Waals surface area contributed by atoms with Gasteiger partial charge in [-0.05, 0) is 49.7 Å². The molecule has 3 fully saturated rings. The van der Waals surface area contributed by atoms with Crippen molar-refractivity contribution in [2.45, 2.75) is 57.0 Å². The van der Waals surface area contributed by atoms with Crippen molar-refractivity contribution >= 4 is 16.0 Å². The van der Waals surface area contributed by atoms with E-state index in [1.54, 1.807) is 0 Å². The second-order valence-electron chi connectivity index (χ2n) is 8.92. The third-order valence-electron chi connectivity index (χ3n) is 6.65. The number of nitrogens with one attached hydrogen (secondary N) is 1. The summed E-state index contributed by atoms with van der Waals surface area (Å²) in [6, 6.07) is 2.27. The summed E-state index contributed by atoms with van der Waals surface area (Å²) in [5, 5.41) is 0. The monoisotopic (exact) mass is 478 g/mol. The second-order valence-corrected chi connectivity index (χ2v) is 10.7. The van der Waals surface area contributed by atoms with Gasteiger partial charge in [0.2, 0.25) is 0 Å². The van der Waals surface area contributed by atoms with Crippen LogP contribution in [0.1, 0.15) is 66.8 Å². The van der Waals surface area contributed by atoms with Crippen molar-refractivity contribution in [3.05, 3.63) is 29.1 Å². The normalized spacial score (nSPS) is 21.4. The molecule has 1 aromatic carbocycles. The number of ketones is 1. The maximum Gasteiger partial charge on any atom is 0.397 e. The molecule has 1 aromatic rings. The molecule has 178 valence electrons. The molecule has 11 heteroatoms. The van der Waals surface area contributed by atoms with Crippen LogP contribution in [0.2, 0.25) is 0 Å². The van der Waals surface area contributed by atoms with Gasteiger partial charge < -0.3 is 4.74 Å². The molecule has 0 radical (unpaired) electrons. The fraction of sp³-hybridized carbons (Fsp3) is 0.667. The summed E-state index contributed by atoms with van der Waals surface area (Å²) in [5.41, 5.74) is -1.74. The first-order valence-corrected chi connectivity index (χ1v) is 12.3. The standard InChI is InChI=1S/C21H26F4N2O4S/c22-17-11-19(31-13-20(21(23,24)25)6-1-2-7-20)15(14-4-5-14)10-16(17)18(28)12-26-32(29,30)27-8-3-9-27/h10-11,14,26H,1-9,12-13H2. The van der Waals surface area contributed by atoms with E-state index in [2.05, 4.69) is 4.72 Å². The van der Waals surface area contributed by atoms with Crippen LogP contribution >= 0.6 is 0 Å². The molecule has 2 aliphatic carbocycles. The molecule has 0 amide bonds. The quantitative estimate of drug-likeness (QED) is 0.431. The van der Waals surface area contributed by atoms with Crippen LogP contribution in [0.15, 0.2) is 12.1 Å². The minimum absolute atomic E-state index is 0.0136. The molecular formula is C21H26F4N2O4S. The van der Waals surface area contributed by atoms with Gasteiger partial charge >= 0.3 is 6.18 Å². The number of rotatable bonds is 9. The Hall–Kier alpha value is -1.72. The molecule has 0 bridgehead atoms. The van der Waals surface area contributed by atoms with E-state index in [1.807, 2.05) is 0 Å². The molecule has 0 spiro atoms. The third-order valence-corrected chi connectivity index (χ3v) is 8.21. The Kier molecular flexibility index (Phi) is 6.28. The van der Waals surface area contributed by atoms with E-state index < -0.39 is 46.6 Å². The van der Waals surface area contributed by atoms with Gasteiger partial charge in [-0.25, -0.2) is 4.39 Å². The first-order valence-electron chi connectivity index (χ1n) is 10.8. The fourth-order valence-corrected chi connectivity index (χ4v) is 5.51. The second kappa shape index (κ2) is 8.57. The third kappa shape index (κ3) is 4.65. The van der Waals surface area contributed by atoms with E-state index in [4.69, 9.17) is 4.74 Å². The molecule has 1 N–H and O–H groups in total. The van der Waals surface area contributed by atoms with Crippen LogP contribution in [-0.2, 0) is 10.2 Å². The summed E-state index contributed by atoms with van der Waals surface area (Å²) < 4.78 is 88.7. The average Bonchev–Trinajstić information content (AvgIpc) is 3.38. The predicted octanol–water partition coefficient (Wildman–Crippen LogP) is 3.93. The molecule has 32 heavy (non-hydrogen) atoms. The van der Waals surface area contributed by atoms with Gasteiger partial charge in [0.05, 0.1) is 17.5 Å². The van der Waals surface area contributed by atoms with Crippen molar-refractivity contribution in [1.82, 2.24) is 9.03 Å². The number of carbonyl (C=O) groups excluding carboxylic acids is 1. The van der Waals surface area contributed by atoms with Gasteiger partial charge in [-0.1, -0.05) is 12.8 Å². The number of hydrogen-bond acceptors (Lipinski definition) is 4. The lowest BCUT2D eigenvalue weighted by Crippen LogP contribution is -2.49. The number of Topliss-reactive ketones (excluding diaryl/α,β-unsaturated/α-hetero) is 1. The molecule has 1 aliphatic heterocycles. The Morgan fingerprint density at radius 1 is 1.16 bits per heavy atom. The van der Waals surface area contributed by atoms with E-state index in [0.717, 1.165) is 25.3 Å². The summed E-state index contributed by atoms with van der Waals surface area (Å²) in [6.45, 7) is -0.444. The lowest BCUT2D eigenvalue weighted by molar-refractivity contribution is -0.230. The zero-order valence-electron chi connectivity index (χ0n) is 17.5. The van der Waals surface area contributed by atoms with Crippen molar-refractivity contribution in [3.8, 4) is 5.75 Å². The molecular weight excluding hydrogens is 452 g/mol. The summed E-state index contributed by atoms with van der Waals surface area (Å²) in [6.07, 6.45) is -1.25. The van der Waals surface area contributed by atoms with E-state index >= 15 is 0 Å². The predicted molar refractivity (Wildman–Crippen MR) is 108 cm³/mol. The Morgan fingerprint density at radius 3 is 2.34 bits per heavy atom. The molecule has 4 rings (SSSR count). The van der Waals surface area contributed by atoms with Gasteiger partial charge in [0.1, 0.15) is 18.2 Å². The summed E-state index contributed by atoms with van der Waals surface area (Å²) in [4.78, 5) is 12.5. The molecule has 1 saturated heterocycles. The van der Waals surface area contributed by atoms with Crippen molar-refractivity contribution in [3.63, 3.8) is 0 Å². The maximum atomic E-state index is 14.7. The van der Waals surface area contributed by atoms with E-state index in [1.165, 1.54) is 10.4 Å². The highest BCUT2D eigenvalue weighted by Crippen LogP contribution is 2.51. The van der Waals surface area contributed by atoms with Crippen molar-refractivity contribution in [2.75, 3.05) is 26.2 Å². The van der Waals surface area contributed by atoms with Crippen LogP contribution in [-0.4, -0.2) is 50.9 Å². The number of carbonyl (C=O) groups is 1. The van der Waals surface area contributed by atoms with E-state index in [9.17, 15) is 30.8 Å². The topological polar surface area (TPSA) is 75.7 Å². The fourth-order valence-electron chi connectivity index (χ4n) is 4.27. The average molecular weight is 479 g/mol. The van der Waals surface area contributed by atoms with Gasteiger partial charge in [0.15, 0.2) is 5.78 Å². The molecule has 0 atom stereocenters. The Morgan fingerprint density at radius 2 is 1.81 bits per heavy atom. The van der Waals surface area contributed by atoms with E-state index in [-0.39, 0.29) is 30.1 Å². The molecule has 0 unspecified atom stereocenters. The Bertz CT molecular complexity index is 982. The highest BCUT2D eigenvalue weighted by Gasteiger charge is 2.56. The number of benzene rings is 1. The van der Waals surface area contributed by atoms with Crippen LogP contribution in [0.5, 0.6) is 5.75 Å². The molecule has 1 heterocycles. The van der Waals surface area contributed by atoms with Gasteiger partial charge in [-0.3, -0.25) is 4.79 Å². The van der Waals surface area contributed by atoms with Gasteiger partial charge in [0.25, 0.3) is 10.2 Å². The van der Waals surface area contributed by atoms with Crippen LogP contribution in [0, 0.1) is 11.2 Å². The van der Waals surface area contributed by atoms with Crippen LogP contribution < -0.4 is 9.46 Å². The lowest BCUT2D eigenvalue weighted by atomic mass is 9.86. The first-order chi connectivity index (χ1) is 15.0. The number of alkyl halides is 3. The SMILES string of the molecule is O=C(CNS(=O)(=O)N1CCC1)c1cc(C2CC2)c(OCC2(C(F)(F)F)CCCC2)cc1F. The highest BCUT2D eigenvalue weighted by molar-refractivity contribution is 7.87. The molecule has 3 aliphatic rings. The zero-order chi connectivity index (χ0) is 23.1. The first kappa shape index (κ1) is 23.4. The summed E-state index contributed by atoms with van der Waals surface area (Å²) in [5.74, 6) is -1.67. The van der Waals surface area contributed by atoms with Crippen molar-refractivity contribution in [1.29, 1.82) is 0 Å². The van der Waals surface area contributed by atoms with E-state index in [0.29, 0.717) is 31.5 Å². The van der Waals surface area contributed by atoms with Gasteiger partial charge in [-0.2, -0.15) is 30.6 Å². The number of hydrogen-bond donors (Lipinski definition) is 1. The van der Waals surface area contributed by atoms with Crippen LogP contribution in [0.25, 0.3) is 0 Å². The largest absolute Gasteiger partial charge is 0.492 e. The van der Waals surface area contributed by atoms with Crippen molar-refractivity contribution < 1.29 is 35.5 Å². The van der Waals surface area contributed by atoms with Gasteiger partial charge in [0, 0.05) is 19.2 Å². The molecule has 2 saturated carbocycles. The smallest absolute Gasteiger partial charge is 0.397 e. The number of ether oxygens (including phenoxy) is 1. The minimum Gasteiger partial charge on any atom is -0.492 e.